The van der Waals surface area contributed by atoms with E-state index < -0.39 is 0 Å². The van der Waals surface area contributed by atoms with E-state index in [2.05, 4.69) is 34.0 Å². The van der Waals surface area contributed by atoms with Crippen molar-refractivity contribution in [2.75, 3.05) is 32.7 Å². The Hall–Kier alpha value is -1.40. The number of carbonyl (C=O) groups excluding carboxylic acids is 1. The van der Waals surface area contributed by atoms with Crippen molar-refractivity contribution in [2.24, 2.45) is 5.92 Å². The number of carbonyl (C=O) groups is 1. The number of hydrogen-bond donors (Lipinski definition) is 2. The Balaban J connectivity index is 1.53. The first-order chi connectivity index (χ1) is 10.1. The van der Waals surface area contributed by atoms with Crippen molar-refractivity contribution in [2.45, 2.75) is 32.9 Å². The Morgan fingerprint density at radius 1 is 1.38 bits per heavy atom. The monoisotopic (exact) mass is 291 g/mol. The molecule has 21 heavy (non-hydrogen) atoms. The van der Waals surface area contributed by atoms with E-state index in [1.807, 2.05) is 4.90 Å². The zero-order valence-corrected chi connectivity index (χ0v) is 12.9. The normalized spacial score (nSPS) is 23.4. The van der Waals surface area contributed by atoms with Crippen molar-refractivity contribution in [3.63, 3.8) is 0 Å². The fourth-order valence-corrected chi connectivity index (χ4v) is 3.23. The molecule has 6 nitrogen and oxygen atoms in total. The summed E-state index contributed by atoms with van der Waals surface area (Å²) in [6, 6.07) is -0.113. The van der Waals surface area contributed by atoms with Crippen LogP contribution in [0.3, 0.4) is 0 Å². The average Bonchev–Trinajstić information content (AvgIpc) is 2.94. The molecule has 1 amide bonds. The first-order valence-corrected chi connectivity index (χ1v) is 7.89. The van der Waals surface area contributed by atoms with E-state index in [-0.39, 0.29) is 11.9 Å². The van der Waals surface area contributed by atoms with Gasteiger partial charge in [0.05, 0.1) is 23.8 Å². The maximum Gasteiger partial charge on any atom is 0.240 e. The molecule has 0 radical (unpaired) electrons. The number of hydrogen-bond acceptors (Lipinski definition) is 4. The van der Waals surface area contributed by atoms with E-state index in [0.29, 0.717) is 18.9 Å². The molecule has 1 saturated heterocycles. The fourth-order valence-electron chi connectivity index (χ4n) is 3.23. The van der Waals surface area contributed by atoms with Gasteiger partial charge in [-0.25, -0.2) is 4.98 Å². The molecular weight excluding hydrogens is 266 g/mol. The van der Waals surface area contributed by atoms with Crippen molar-refractivity contribution in [1.29, 1.82) is 0 Å². The highest BCUT2D eigenvalue weighted by Gasteiger charge is 2.30. The zero-order valence-electron chi connectivity index (χ0n) is 12.9. The lowest BCUT2D eigenvalue weighted by molar-refractivity contribution is -0.135. The minimum Gasteiger partial charge on any atom is -0.347 e. The van der Waals surface area contributed by atoms with Crippen molar-refractivity contribution in [1.82, 2.24) is 25.1 Å². The number of rotatable bonds is 3. The van der Waals surface area contributed by atoms with Gasteiger partial charge in [-0.1, -0.05) is 13.8 Å². The minimum absolute atomic E-state index is 0.113. The molecular formula is C15H25N5O. The lowest BCUT2D eigenvalue weighted by atomic mass is 10.0. The molecule has 0 aliphatic carbocycles. The van der Waals surface area contributed by atoms with Crippen molar-refractivity contribution in [3.8, 4) is 0 Å². The molecule has 116 valence electrons. The molecule has 1 fully saturated rings. The Morgan fingerprint density at radius 3 is 2.86 bits per heavy atom. The Labute approximate surface area is 125 Å². The minimum atomic E-state index is -0.113. The standard InChI is InChI=1S/C15H25N5O/c1-11(2)9-19-3-5-20(6-4-19)15(21)13-7-12-14(8-16-13)18-10-17-12/h10-11,13,16H,3-9H2,1-2H3,(H,17,18). The molecule has 2 N–H and O–H groups in total. The third kappa shape index (κ3) is 3.27. The maximum absolute atomic E-state index is 12.6. The SMILES string of the molecule is CC(C)CN1CCN(C(=O)C2Cc3nc[nH]c3CN2)CC1. The van der Waals surface area contributed by atoms with Gasteiger partial charge in [-0.15, -0.1) is 0 Å². The Kier molecular flexibility index (Phi) is 4.26. The van der Waals surface area contributed by atoms with Crippen molar-refractivity contribution >= 4 is 5.91 Å². The fraction of sp³-hybridized carbons (Fsp3) is 0.733. The molecule has 0 bridgehead atoms. The number of piperazine rings is 1. The third-order valence-electron chi connectivity index (χ3n) is 4.34. The molecule has 2 aliphatic heterocycles. The first-order valence-electron chi connectivity index (χ1n) is 7.89. The summed E-state index contributed by atoms with van der Waals surface area (Å²) in [5, 5.41) is 3.33. The van der Waals surface area contributed by atoms with Crippen LogP contribution in [0.1, 0.15) is 25.2 Å². The quantitative estimate of drug-likeness (QED) is 0.836. The molecule has 0 aromatic carbocycles. The number of imidazole rings is 1. The lowest BCUT2D eigenvalue weighted by Crippen LogP contribution is -2.55. The summed E-state index contributed by atoms with van der Waals surface area (Å²) in [7, 11) is 0. The number of nitrogens with zero attached hydrogens (tertiary/aromatic N) is 3. The first kappa shape index (κ1) is 14.5. The molecule has 0 saturated carbocycles. The van der Waals surface area contributed by atoms with E-state index >= 15 is 0 Å². The molecule has 3 heterocycles. The van der Waals surface area contributed by atoms with E-state index in [9.17, 15) is 4.79 Å². The smallest absolute Gasteiger partial charge is 0.240 e. The summed E-state index contributed by atoms with van der Waals surface area (Å²) in [5.74, 6) is 0.915. The van der Waals surface area contributed by atoms with Crippen LogP contribution in [0.25, 0.3) is 0 Å². The lowest BCUT2D eigenvalue weighted by Gasteiger charge is -2.37. The number of amides is 1. The highest BCUT2D eigenvalue weighted by atomic mass is 16.2. The second-order valence-electron chi connectivity index (χ2n) is 6.49. The van der Waals surface area contributed by atoms with Gasteiger partial charge in [0.2, 0.25) is 5.91 Å². The molecule has 3 rings (SSSR count). The van der Waals surface area contributed by atoms with E-state index in [1.165, 1.54) is 0 Å². The summed E-state index contributed by atoms with van der Waals surface area (Å²) in [4.78, 5) is 24.5. The van der Waals surface area contributed by atoms with Gasteiger partial charge < -0.3 is 9.88 Å². The van der Waals surface area contributed by atoms with Gasteiger partial charge in [-0.3, -0.25) is 15.0 Å². The Bertz CT molecular complexity index is 490. The van der Waals surface area contributed by atoms with Gasteiger partial charge in [-0.05, 0) is 5.92 Å². The largest absolute Gasteiger partial charge is 0.347 e. The van der Waals surface area contributed by atoms with Crippen molar-refractivity contribution < 1.29 is 4.79 Å². The predicted molar refractivity (Wildman–Crippen MR) is 80.8 cm³/mol. The number of fused-ring (bicyclic) bond motifs is 1. The number of H-pyrrole nitrogens is 1. The van der Waals surface area contributed by atoms with Crippen LogP contribution in [0.2, 0.25) is 0 Å². The topological polar surface area (TPSA) is 64.3 Å². The maximum atomic E-state index is 12.6. The number of aromatic nitrogens is 2. The third-order valence-corrected chi connectivity index (χ3v) is 4.34. The van der Waals surface area contributed by atoms with E-state index in [4.69, 9.17) is 0 Å². The molecule has 1 aromatic rings. The van der Waals surface area contributed by atoms with Crippen LogP contribution in [-0.2, 0) is 17.8 Å². The second-order valence-corrected chi connectivity index (χ2v) is 6.49. The molecule has 1 aromatic heterocycles. The van der Waals surface area contributed by atoms with Crippen LogP contribution in [-0.4, -0.2) is 64.4 Å². The summed E-state index contributed by atoms with van der Waals surface area (Å²) >= 11 is 0. The summed E-state index contributed by atoms with van der Waals surface area (Å²) in [6.07, 6.45) is 2.41. The molecule has 1 atom stereocenters. The van der Waals surface area contributed by atoms with Gasteiger partial charge in [0, 0.05) is 45.7 Å². The highest BCUT2D eigenvalue weighted by molar-refractivity contribution is 5.82. The van der Waals surface area contributed by atoms with Gasteiger partial charge in [-0.2, -0.15) is 0 Å². The highest BCUT2D eigenvalue weighted by Crippen LogP contribution is 2.15. The van der Waals surface area contributed by atoms with Crippen LogP contribution in [0.15, 0.2) is 6.33 Å². The number of aromatic amines is 1. The van der Waals surface area contributed by atoms with Crippen LogP contribution < -0.4 is 5.32 Å². The van der Waals surface area contributed by atoms with Crippen LogP contribution in [0, 0.1) is 5.92 Å². The van der Waals surface area contributed by atoms with Gasteiger partial charge in [0.15, 0.2) is 0 Å². The molecule has 2 aliphatic rings. The van der Waals surface area contributed by atoms with Gasteiger partial charge in [0.1, 0.15) is 0 Å². The van der Waals surface area contributed by atoms with Crippen LogP contribution in [0.4, 0.5) is 0 Å². The summed E-state index contributed by atoms with van der Waals surface area (Å²) < 4.78 is 0. The average molecular weight is 291 g/mol. The van der Waals surface area contributed by atoms with Gasteiger partial charge in [0.25, 0.3) is 0 Å². The van der Waals surface area contributed by atoms with E-state index in [1.54, 1.807) is 6.33 Å². The predicted octanol–water partition coefficient (Wildman–Crippen LogP) is 0.224. The van der Waals surface area contributed by atoms with Gasteiger partial charge >= 0.3 is 0 Å². The summed E-state index contributed by atoms with van der Waals surface area (Å²) in [6.45, 7) is 9.98. The number of nitrogens with one attached hydrogen (secondary N) is 2. The molecule has 1 unspecified atom stereocenters. The van der Waals surface area contributed by atoms with Crippen LogP contribution in [0.5, 0.6) is 0 Å². The molecule has 0 spiro atoms. The van der Waals surface area contributed by atoms with E-state index in [0.717, 1.165) is 44.1 Å². The Morgan fingerprint density at radius 2 is 2.14 bits per heavy atom. The molecule has 6 heteroatoms. The van der Waals surface area contributed by atoms with Crippen molar-refractivity contribution in [3.05, 3.63) is 17.7 Å². The zero-order chi connectivity index (χ0) is 14.8. The van der Waals surface area contributed by atoms with Crippen LogP contribution >= 0.6 is 0 Å². The summed E-state index contributed by atoms with van der Waals surface area (Å²) in [5.41, 5.74) is 2.14. The second kappa shape index (κ2) is 6.15.